The summed E-state index contributed by atoms with van der Waals surface area (Å²) in [5, 5.41) is 5.96. The van der Waals surface area contributed by atoms with Crippen molar-refractivity contribution in [3.63, 3.8) is 0 Å². The van der Waals surface area contributed by atoms with Crippen molar-refractivity contribution in [2.24, 2.45) is 0 Å². The van der Waals surface area contributed by atoms with Crippen LogP contribution in [0.25, 0.3) is 0 Å². The van der Waals surface area contributed by atoms with E-state index in [2.05, 4.69) is 10.6 Å². The second-order valence-corrected chi connectivity index (χ2v) is 4.90. The lowest BCUT2D eigenvalue weighted by molar-refractivity contribution is 0.0885. The van der Waals surface area contributed by atoms with Crippen molar-refractivity contribution >= 4 is 5.91 Å². The van der Waals surface area contributed by atoms with Crippen molar-refractivity contribution in [3.05, 3.63) is 33.5 Å². The number of rotatable bonds is 0. The number of halogens is 1. The van der Waals surface area contributed by atoms with Crippen molar-refractivity contribution in [2.45, 2.75) is 25.4 Å². The van der Waals surface area contributed by atoms with Gasteiger partial charge in [-0.15, -0.1) is 0 Å². The molecule has 6 heteroatoms. The third kappa shape index (κ3) is 1.35. The van der Waals surface area contributed by atoms with E-state index in [1.807, 2.05) is 0 Å². The van der Waals surface area contributed by atoms with E-state index >= 15 is 0 Å². The van der Waals surface area contributed by atoms with Crippen molar-refractivity contribution in [1.82, 2.24) is 15.2 Å². The van der Waals surface area contributed by atoms with Gasteiger partial charge in [0.05, 0.1) is 0 Å². The Balaban J connectivity index is 2.29. The van der Waals surface area contributed by atoms with Gasteiger partial charge >= 0.3 is 0 Å². The highest BCUT2D eigenvalue weighted by Crippen LogP contribution is 2.30. The number of nitrogens with zero attached hydrogens (tertiary/aromatic N) is 1. The molecule has 1 amide bonds. The highest BCUT2D eigenvalue weighted by Gasteiger charge is 2.45. The maximum absolute atomic E-state index is 13.9. The first-order chi connectivity index (χ1) is 8.55. The fraction of sp³-hybridized carbons (Fsp3) is 0.500. The van der Waals surface area contributed by atoms with Crippen LogP contribution in [0.15, 0.2) is 10.9 Å². The summed E-state index contributed by atoms with van der Waals surface area (Å²) < 4.78 is 15.2. The molecule has 0 radical (unpaired) electrons. The lowest BCUT2D eigenvalue weighted by Crippen LogP contribution is -2.53. The average molecular weight is 251 g/mol. The SMILES string of the molecule is Cc1cc(F)c2n(c1=O)C1(CCNCC1)NC2=O. The van der Waals surface area contributed by atoms with Gasteiger partial charge in [-0.25, -0.2) is 4.39 Å². The van der Waals surface area contributed by atoms with Crippen LogP contribution in [-0.4, -0.2) is 23.6 Å². The first-order valence-electron chi connectivity index (χ1n) is 6.01. The third-order valence-electron chi connectivity index (χ3n) is 3.75. The van der Waals surface area contributed by atoms with E-state index in [0.717, 1.165) is 6.07 Å². The molecule has 3 rings (SSSR count). The first-order valence-corrected chi connectivity index (χ1v) is 6.01. The fourth-order valence-corrected chi connectivity index (χ4v) is 2.84. The first kappa shape index (κ1) is 11.4. The summed E-state index contributed by atoms with van der Waals surface area (Å²) in [5.74, 6) is -1.12. The molecule has 2 aliphatic rings. The van der Waals surface area contributed by atoms with E-state index in [0.29, 0.717) is 31.5 Å². The Bertz CT molecular complexity index is 588. The minimum Gasteiger partial charge on any atom is -0.327 e. The molecule has 0 bridgehead atoms. The Labute approximate surface area is 103 Å². The number of amides is 1. The van der Waals surface area contributed by atoms with Gasteiger partial charge < -0.3 is 10.6 Å². The topological polar surface area (TPSA) is 63.1 Å². The number of carbonyl (C=O) groups excluding carboxylic acids is 1. The zero-order valence-corrected chi connectivity index (χ0v) is 10.0. The summed E-state index contributed by atoms with van der Waals surface area (Å²) in [6.07, 6.45) is 1.18. The summed E-state index contributed by atoms with van der Waals surface area (Å²) in [7, 11) is 0. The van der Waals surface area contributed by atoms with Crippen molar-refractivity contribution in [1.29, 1.82) is 0 Å². The zero-order chi connectivity index (χ0) is 12.9. The lowest BCUT2D eigenvalue weighted by Gasteiger charge is -2.35. The predicted octanol–water partition coefficient (Wildman–Crippen LogP) is 0.0754. The Morgan fingerprint density at radius 1 is 1.33 bits per heavy atom. The number of hydrogen-bond donors (Lipinski definition) is 2. The van der Waals surface area contributed by atoms with Crippen molar-refractivity contribution in [3.8, 4) is 0 Å². The van der Waals surface area contributed by atoms with Crippen molar-refractivity contribution in [2.75, 3.05) is 13.1 Å². The van der Waals surface area contributed by atoms with Crippen LogP contribution in [0.3, 0.4) is 0 Å². The van der Waals surface area contributed by atoms with E-state index < -0.39 is 17.4 Å². The molecule has 3 heterocycles. The molecular formula is C12H14FN3O2. The van der Waals surface area contributed by atoms with Crippen LogP contribution < -0.4 is 16.2 Å². The summed E-state index contributed by atoms with van der Waals surface area (Å²) in [6, 6.07) is 1.13. The van der Waals surface area contributed by atoms with Crippen LogP contribution in [0.5, 0.6) is 0 Å². The number of nitrogens with one attached hydrogen (secondary N) is 2. The summed E-state index contributed by atoms with van der Waals surface area (Å²) in [6.45, 7) is 2.96. The number of aromatic nitrogens is 1. The number of piperidine rings is 1. The lowest BCUT2D eigenvalue weighted by atomic mass is 9.98. The standard InChI is InChI=1S/C12H14FN3O2/c1-7-6-8(13)9-10(17)15-12(16(9)11(7)18)2-4-14-5-3-12/h6,14H,2-5H2,1H3,(H,15,17). The summed E-state index contributed by atoms with van der Waals surface area (Å²) >= 11 is 0. The smallest absolute Gasteiger partial charge is 0.272 e. The van der Waals surface area contributed by atoms with Crippen LogP contribution in [0, 0.1) is 12.7 Å². The number of pyridine rings is 1. The fourth-order valence-electron chi connectivity index (χ4n) is 2.84. The molecule has 1 saturated heterocycles. The van der Waals surface area contributed by atoms with Crippen LogP contribution in [0.1, 0.15) is 28.9 Å². The van der Waals surface area contributed by atoms with Gasteiger partial charge in [0, 0.05) is 18.4 Å². The monoisotopic (exact) mass is 251 g/mol. The Morgan fingerprint density at radius 3 is 2.67 bits per heavy atom. The molecule has 18 heavy (non-hydrogen) atoms. The quantitative estimate of drug-likeness (QED) is 0.686. The zero-order valence-electron chi connectivity index (χ0n) is 10.0. The van der Waals surface area contributed by atoms with Gasteiger partial charge in [0.15, 0.2) is 5.82 Å². The van der Waals surface area contributed by atoms with Crippen LogP contribution in [0.4, 0.5) is 4.39 Å². The molecule has 0 atom stereocenters. The second-order valence-electron chi connectivity index (χ2n) is 4.90. The average Bonchev–Trinajstić information content (AvgIpc) is 2.60. The number of aryl methyl sites for hydroxylation is 1. The van der Waals surface area contributed by atoms with E-state index in [1.54, 1.807) is 6.92 Å². The molecule has 1 spiro atoms. The maximum Gasteiger partial charge on any atom is 0.272 e. The molecule has 0 aromatic carbocycles. The Morgan fingerprint density at radius 2 is 2.00 bits per heavy atom. The van der Waals surface area contributed by atoms with E-state index in [9.17, 15) is 14.0 Å². The van der Waals surface area contributed by atoms with Gasteiger partial charge in [-0.05, 0) is 26.1 Å². The molecule has 5 nitrogen and oxygen atoms in total. The minimum atomic E-state index is -0.748. The van der Waals surface area contributed by atoms with E-state index in [4.69, 9.17) is 0 Å². The van der Waals surface area contributed by atoms with Gasteiger partial charge in [0.2, 0.25) is 0 Å². The molecular weight excluding hydrogens is 237 g/mol. The summed E-state index contributed by atoms with van der Waals surface area (Å²) in [4.78, 5) is 24.1. The molecule has 96 valence electrons. The molecule has 1 fully saturated rings. The second kappa shape index (κ2) is 3.65. The highest BCUT2D eigenvalue weighted by molar-refractivity contribution is 5.95. The predicted molar refractivity (Wildman–Crippen MR) is 62.9 cm³/mol. The molecule has 0 unspecified atom stereocenters. The number of carbonyl (C=O) groups is 1. The van der Waals surface area contributed by atoms with Gasteiger partial charge in [-0.2, -0.15) is 0 Å². The third-order valence-corrected chi connectivity index (χ3v) is 3.75. The van der Waals surface area contributed by atoms with Crippen LogP contribution in [-0.2, 0) is 5.66 Å². The Hall–Kier alpha value is -1.69. The van der Waals surface area contributed by atoms with Gasteiger partial charge in [0.25, 0.3) is 11.5 Å². The molecule has 1 aromatic rings. The molecule has 1 aromatic heterocycles. The van der Waals surface area contributed by atoms with E-state index in [1.165, 1.54) is 4.57 Å². The van der Waals surface area contributed by atoms with Gasteiger partial charge in [-0.3, -0.25) is 14.2 Å². The number of fused-ring (bicyclic) bond motifs is 2. The van der Waals surface area contributed by atoms with Gasteiger partial charge in [-0.1, -0.05) is 0 Å². The minimum absolute atomic E-state index is 0.132. The summed E-state index contributed by atoms with van der Waals surface area (Å²) in [5.41, 5.74) is -0.841. The van der Waals surface area contributed by atoms with E-state index in [-0.39, 0.29) is 11.3 Å². The van der Waals surface area contributed by atoms with Gasteiger partial charge in [0.1, 0.15) is 11.4 Å². The normalized spacial score (nSPS) is 20.9. The highest BCUT2D eigenvalue weighted by atomic mass is 19.1. The maximum atomic E-state index is 13.9. The van der Waals surface area contributed by atoms with Crippen LogP contribution >= 0.6 is 0 Å². The molecule has 0 aliphatic carbocycles. The Kier molecular flexibility index (Phi) is 2.31. The largest absolute Gasteiger partial charge is 0.327 e. The number of hydrogen-bond acceptors (Lipinski definition) is 3. The molecule has 2 aliphatic heterocycles. The van der Waals surface area contributed by atoms with Crippen molar-refractivity contribution < 1.29 is 9.18 Å². The molecule has 0 saturated carbocycles. The molecule has 2 N–H and O–H groups in total. The van der Waals surface area contributed by atoms with Crippen LogP contribution in [0.2, 0.25) is 0 Å².